The summed E-state index contributed by atoms with van der Waals surface area (Å²) in [5.74, 6) is 0.886. The molecule has 1 aromatic heterocycles. The molecule has 1 aliphatic heterocycles. The average molecular weight is 415 g/mol. The lowest BCUT2D eigenvalue weighted by atomic mass is 10.3. The van der Waals surface area contributed by atoms with Crippen molar-refractivity contribution in [3.05, 3.63) is 42.4 Å². The van der Waals surface area contributed by atoms with E-state index in [0.29, 0.717) is 31.1 Å². The highest BCUT2D eigenvalue weighted by molar-refractivity contribution is 7.92. The summed E-state index contributed by atoms with van der Waals surface area (Å²) < 4.78 is 68.9. The predicted octanol–water partition coefficient (Wildman–Crippen LogP) is 1.90. The van der Waals surface area contributed by atoms with Gasteiger partial charge in [0.05, 0.1) is 16.9 Å². The van der Waals surface area contributed by atoms with E-state index in [0.717, 1.165) is 0 Å². The van der Waals surface area contributed by atoms with Crippen LogP contribution in [0.3, 0.4) is 0 Å². The first kappa shape index (κ1) is 19.7. The van der Waals surface area contributed by atoms with Gasteiger partial charge in [0.25, 0.3) is 0 Å². The number of hydrogen-bond acceptors (Lipinski definition) is 7. The molecular weight excluding hydrogens is 394 g/mol. The van der Waals surface area contributed by atoms with Crippen molar-refractivity contribution in [3.63, 3.8) is 0 Å². The van der Waals surface area contributed by atoms with Gasteiger partial charge in [-0.15, -0.1) is 0 Å². The van der Waals surface area contributed by atoms with Crippen LogP contribution in [-0.4, -0.2) is 42.3 Å². The summed E-state index contributed by atoms with van der Waals surface area (Å²) in [4.78, 5) is 0.00263. The van der Waals surface area contributed by atoms with Crippen LogP contribution in [0.15, 0.2) is 45.9 Å². The van der Waals surface area contributed by atoms with E-state index in [4.69, 9.17) is 13.9 Å². The van der Waals surface area contributed by atoms with Crippen molar-refractivity contribution < 1.29 is 30.7 Å². The van der Waals surface area contributed by atoms with Crippen LogP contribution in [0.4, 0.5) is 0 Å². The van der Waals surface area contributed by atoms with Crippen molar-refractivity contribution in [3.8, 4) is 11.5 Å². The second kappa shape index (κ2) is 7.91. The molecule has 0 radical (unpaired) electrons. The highest BCUT2D eigenvalue weighted by Crippen LogP contribution is 2.36. The number of sulfonamides is 1. The lowest BCUT2D eigenvalue weighted by molar-refractivity contribution is 0.171. The van der Waals surface area contributed by atoms with Crippen molar-refractivity contribution in [2.24, 2.45) is 0 Å². The van der Waals surface area contributed by atoms with E-state index in [-0.39, 0.29) is 23.0 Å². The molecule has 0 bridgehead atoms. The Morgan fingerprint density at radius 1 is 1.07 bits per heavy atom. The maximum atomic E-state index is 13.2. The molecule has 1 aliphatic rings. The van der Waals surface area contributed by atoms with Gasteiger partial charge in [0.15, 0.2) is 21.3 Å². The third-order valence-electron chi connectivity index (χ3n) is 4.04. The molecule has 2 heterocycles. The minimum absolute atomic E-state index is 0.00263. The molecule has 27 heavy (non-hydrogen) atoms. The Balaban J connectivity index is 1.93. The Labute approximate surface area is 158 Å². The molecule has 0 fully saturated rings. The topological polar surface area (TPSA) is 112 Å². The van der Waals surface area contributed by atoms with Gasteiger partial charge in [0.2, 0.25) is 10.0 Å². The van der Waals surface area contributed by atoms with Crippen molar-refractivity contribution in [2.45, 2.75) is 23.5 Å². The van der Waals surface area contributed by atoms with E-state index in [1.165, 1.54) is 30.5 Å². The average Bonchev–Trinajstić information content (AvgIpc) is 3.15. The number of hydrogen-bond donors (Lipinski definition) is 1. The molecule has 0 saturated carbocycles. The largest absolute Gasteiger partial charge is 0.486 e. The summed E-state index contributed by atoms with van der Waals surface area (Å²) in [6.45, 7) is 2.13. The van der Waals surface area contributed by atoms with Crippen LogP contribution < -0.4 is 14.2 Å². The molecule has 8 nitrogen and oxygen atoms in total. The Morgan fingerprint density at radius 3 is 2.48 bits per heavy atom. The summed E-state index contributed by atoms with van der Waals surface area (Å²) in [6, 6.07) is 7.40. The highest BCUT2D eigenvalue weighted by Gasteiger charge is 2.33. The van der Waals surface area contributed by atoms with E-state index < -0.39 is 25.1 Å². The standard InChI is InChI=1S/C17H21NO7S2/c1-2-10-26(19,20)18-12-17(15-4-3-7-23-15)27(21,22)13-5-6-14-16(11-13)25-9-8-24-14/h3-7,11,17-18H,2,8-10,12H2,1H3/t17-/m1/s1. The number of sulfone groups is 1. The van der Waals surface area contributed by atoms with E-state index in [2.05, 4.69) is 4.72 Å². The minimum Gasteiger partial charge on any atom is -0.486 e. The third kappa shape index (κ3) is 4.45. The van der Waals surface area contributed by atoms with Crippen LogP contribution >= 0.6 is 0 Å². The second-order valence-corrected chi connectivity index (χ2v) is 10.1. The Morgan fingerprint density at radius 2 is 1.81 bits per heavy atom. The molecule has 1 aromatic carbocycles. The predicted molar refractivity (Wildman–Crippen MR) is 98.1 cm³/mol. The van der Waals surface area contributed by atoms with Crippen molar-refractivity contribution in [1.82, 2.24) is 4.72 Å². The highest BCUT2D eigenvalue weighted by atomic mass is 32.2. The summed E-state index contributed by atoms with van der Waals surface area (Å²) in [5.41, 5.74) is 0. The molecule has 0 saturated heterocycles. The lowest BCUT2D eigenvalue weighted by Gasteiger charge is -2.21. The maximum Gasteiger partial charge on any atom is 0.211 e. The molecule has 0 spiro atoms. The third-order valence-corrected chi connectivity index (χ3v) is 7.65. The molecule has 1 atom stereocenters. The zero-order valence-corrected chi connectivity index (χ0v) is 16.4. The molecule has 3 rings (SSSR count). The first-order chi connectivity index (χ1) is 12.8. The van der Waals surface area contributed by atoms with Crippen LogP contribution in [0.2, 0.25) is 0 Å². The summed E-state index contributed by atoms with van der Waals surface area (Å²) in [6.07, 6.45) is 1.78. The van der Waals surface area contributed by atoms with Gasteiger partial charge in [0.1, 0.15) is 24.2 Å². The van der Waals surface area contributed by atoms with Crippen molar-refractivity contribution in [1.29, 1.82) is 0 Å². The summed E-state index contributed by atoms with van der Waals surface area (Å²) in [5, 5.41) is -1.21. The molecule has 10 heteroatoms. The number of nitrogens with one attached hydrogen (secondary N) is 1. The number of furan rings is 1. The minimum atomic E-state index is -3.95. The van der Waals surface area contributed by atoms with Gasteiger partial charge in [-0.3, -0.25) is 0 Å². The van der Waals surface area contributed by atoms with E-state index in [9.17, 15) is 16.8 Å². The lowest BCUT2D eigenvalue weighted by Crippen LogP contribution is -2.33. The van der Waals surface area contributed by atoms with Crippen molar-refractivity contribution in [2.75, 3.05) is 25.5 Å². The number of ether oxygens (including phenoxy) is 2. The molecule has 0 amide bonds. The van der Waals surface area contributed by atoms with Gasteiger partial charge in [-0.25, -0.2) is 21.6 Å². The summed E-state index contributed by atoms with van der Waals surface area (Å²) in [7, 11) is -7.53. The fourth-order valence-electron chi connectivity index (χ4n) is 2.75. The fourth-order valence-corrected chi connectivity index (χ4v) is 5.55. The van der Waals surface area contributed by atoms with Gasteiger partial charge < -0.3 is 13.9 Å². The van der Waals surface area contributed by atoms with E-state index >= 15 is 0 Å². The van der Waals surface area contributed by atoms with Crippen LogP contribution in [0.25, 0.3) is 0 Å². The molecule has 2 aromatic rings. The monoisotopic (exact) mass is 415 g/mol. The van der Waals surface area contributed by atoms with Crippen molar-refractivity contribution >= 4 is 19.9 Å². The first-order valence-corrected chi connectivity index (χ1v) is 11.7. The van der Waals surface area contributed by atoms with Crippen LogP contribution in [0.1, 0.15) is 24.4 Å². The number of rotatable bonds is 8. The molecule has 148 valence electrons. The van der Waals surface area contributed by atoms with Gasteiger partial charge in [-0.2, -0.15) is 0 Å². The maximum absolute atomic E-state index is 13.2. The molecule has 0 aliphatic carbocycles. The van der Waals surface area contributed by atoms with Gasteiger partial charge in [0, 0.05) is 12.6 Å². The van der Waals surface area contributed by atoms with Gasteiger partial charge in [-0.05, 0) is 30.7 Å². The number of fused-ring (bicyclic) bond motifs is 1. The van der Waals surface area contributed by atoms with Gasteiger partial charge in [-0.1, -0.05) is 6.92 Å². The van der Waals surface area contributed by atoms with Crippen LogP contribution in [-0.2, 0) is 19.9 Å². The SMILES string of the molecule is CCCS(=O)(=O)NC[C@H](c1ccco1)S(=O)(=O)c1ccc2c(c1)OCCO2. The van der Waals surface area contributed by atoms with Crippen LogP contribution in [0, 0.1) is 0 Å². The Kier molecular flexibility index (Phi) is 5.78. The second-order valence-electron chi connectivity index (χ2n) is 6.02. The smallest absolute Gasteiger partial charge is 0.211 e. The van der Waals surface area contributed by atoms with Crippen LogP contribution in [0.5, 0.6) is 11.5 Å². The first-order valence-electron chi connectivity index (χ1n) is 8.48. The van der Waals surface area contributed by atoms with E-state index in [1.807, 2.05) is 0 Å². The molecule has 1 N–H and O–H groups in total. The molecule has 0 unspecified atom stereocenters. The normalized spacial score (nSPS) is 15.4. The zero-order chi connectivity index (χ0) is 19.5. The van der Waals surface area contributed by atoms with Gasteiger partial charge >= 0.3 is 0 Å². The Bertz CT molecular complexity index is 982. The van der Waals surface area contributed by atoms with E-state index in [1.54, 1.807) is 13.0 Å². The quantitative estimate of drug-likeness (QED) is 0.701. The summed E-state index contributed by atoms with van der Waals surface area (Å²) >= 11 is 0. The zero-order valence-electron chi connectivity index (χ0n) is 14.8. The Hall–Kier alpha value is -2.04. The fraction of sp³-hybridized carbons (Fsp3) is 0.412. The molecular formula is C17H21NO7S2. The number of benzene rings is 1.